The van der Waals surface area contributed by atoms with Crippen LogP contribution in [0.3, 0.4) is 0 Å². The zero-order valence-electron chi connectivity index (χ0n) is 12.0. The predicted molar refractivity (Wildman–Crippen MR) is 77.4 cm³/mol. The fourth-order valence-electron chi connectivity index (χ4n) is 4.47. The zero-order chi connectivity index (χ0) is 15.7. The molecule has 1 aromatic carbocycles. The van der Waals surface area contributed by atoms with Crippen LogP contribution < -0.4 is 4.90 Å². The second-order valence-corrected chi connectivity index (χ2v) is 6.26. The lowest BCUT2D eigenvalue weighted by atomic mass is 9.56. The molecule has 2 heterocycles. The summed E-state index contributed by atoms with van der Waals surface area (Å²) >= 11 is 0. The topological polar surface area (TPSA) is 96.0 Å². The molecule has 7 nitrogen and oxygen atoms in total. The molecule has 6 rings (SSSR count). The number of ketones is 1. The number of fused-ring (bicyclic) bond motifs is 1. The fourth-order valence-corrected chi connectivity index (χ4v) is 4.47. The van der Waals surface area contributed by atoms with Crippen LogP contribution >= 0.6 is 0 Å². The summed E-state index contributed by atoms with van der Waals surface area (Å²) in [7, 11) is 0. The van der Waals surface area contributed by atoms with Crippen LogP contribution in [-0.4, -0.2) is 32.8 Å². The Balaban J connectivity index is 1.69. The van der Waals surface area contributed by atoms with E-state index in [1.54, 1.807) is 0 Å². The lowest BCUT2D eigenvalue weighted by Gasteiger charge is -2.43. The van der Waals surface area contributed by atoms with Crippen molar-refractivity contribution < 1.29 is 14.4 Å². The lowest BCUT2D eigenvalue weighted by molar-refractivity contribution is -0.134. The molecule has 114 valence electrons. The molecule has 1 aromatic heterocycles. The minimum Gasteiger partial charge on any atom is -0.299 e. The van der Waals surface area contributed by atoms with Crippen LogP contribution in [0.4, 0.5) is 5.95 Å². The largest absolute Gasteiger partial charge is 0.299 e. The van der Waals surface area contributed by atoms with Crippen molar-refractivity contribution in [2.24, 2.45) is 11.8 Å². The summed E-state index contributed by atoms with van der Waals surface area (Å²) in [6.45, 7) is 0. The van der Waals surface area contributed by atoms with Gasteiger partial charge in [0, 0.05) is 12.3 Å². The van der Waals surface area contributed by atoms with Crippen molar-refractivity contribution in [3.8, 4) is 0 Å². The number of hydrogen-bond donors (Lipinski definition) is 1. The third kappa shape index (κ3) is 1.42. The Kier molecular flexibility index (Phi) is 2.28. The van der Waals surface area contributed by atoms with Gasteiger partial charge in [-0.1, -0.05) is 24.3 Å². The molecule has 2 amide bonds. The highest BCUT2D eigenvalue weighted by Gasteiger charge is 2.63. The highest BCUT2D eigenvalue weighted by Crippen LogP contribution is 2.57. The van der Waals surface area contributed by atoms with Crippen LogP contribution in [0.15, 0.2) is 30.6 Å². The third-order valence-electron chi connectivity index (χ3n) is 5.30. The molecule has 4 aliphatic rings. The molecule has 2 fully saturated rings. The second-order valence-electron chi connectivity index (χ2n) is 6.26. The molecule has 1 N–H and O–H groups in total. The third-order valence-corrected chi connectivity index (χ3v) is 5.30. The van der Waals surface area contributed by atoms with E-state index in [2.05, 4.69) is 15.2 Å². The Morgan fingerprint density at radius 1 is 1.04 bits per heavy atom. The van der Waals surface area contributed by atoms with Gasteiger partial charge < -0.3 is 0 Å². The van der Waals surface area contributed by atoms with Crippen LogP contribution in [0.25, 0.3) is 0 Å². The Hall–Kier alpha value is -2.83. The van der Waals surface area contributed by atoms with E-state index in [1.807, 2.05) is 24.3 Å². The molecule has 2 aromatic rings. The molecule has 7 heteroatoms. The molecule has 23 heavy (non-hydrogen) atoms. The predicted octanol–water partition coefficient (Wildman–Crippen LogP) is 0.764. The van der Waals surface area contributed by atoms with Crippen LogP contribution in [0, 0.1) is 11.8 Å². The average molecular weight is 308 g/mol. The van der Waals surface area contributed by atoms with Gasteiger partial charge in [0.2, 0.25) is 17.8 Å². The van der Waals surface area contributed by atoms with Gasteiger partial charge in [-0.2, -0.15) is 10.1 Å². The summed E-state index contributed by atoms with van der Waals surface area (Å²) in [5.74, 6) is -2.30. The van der Waals surface area contributed by atoms with E-state index in [0.29, 0.717) is 6.42 Å². The Morgan fingerprint density at radius 2 is 1.78 bits per heavy atom. The van der Waals surface area contributed by atoms with Gasteiger partial charge in [0.1, 0.15) is 12.1 Å². The van der Waals surface area contributed by atoms with Gasteiger partial charge in [-0.3, -0.25) is 14.4 Å². The van der Waals surface area contributed by atoms with Crippen molar-refractivity contribution in [3.63, 3.8) is 0 Å². The van der Waals surface area contributed by atoms with Crippen LogP contribution in [-0.2, 0) is 14.4 Å². The summed E-state index contributed by atoms with van der Waals surface area (Å²) in [5.41, 5.74) is 1.93. The number of carbonyl (C=O) groups excluding carboxylic acids is 3. The van der Waals surface area contributed by atoms with Gasteiger partial charge in [-0.15, -0.1) is 0 Å². The molecular formula is C16H12N4O3. The monoisotopic (exact) mass is 308 g/mol. The normalized spacial score (nSPS) is 31.5. The number of anilines is 1. The number of carbonyl (C=O) groups is 3. The first kappa shape index (κ1) is 12.7. The van der Waals surface area contributed by atoms with E-state index >= 15 is 0 Å². The molecule has 0 unspecified atom stereocenters. The number of nitrogens with zero attached hydrogens (tertiary/aromatic N) is 3. The number of aromatic nitrogens is 3. The summed E-state index contributed by atoms with van der Waals surface area (Å²) in [4.78, 5) is 43.2. The van der Waals surface area contributed by atoms with Crippen molar-refractivity contribution >= 4 is 23.5 Å². The number of imide groups is 1. The molecule has 1 saturated carbocycles. The van der Waals surface area contributed by atoms with E-state index < -0.39 is 17.8 Å². The van der Waals surface area contributed by atoms with E-state index in [0.717, 1.165) is 16.0 Å². The molecule has 1 saturated heterocycles. The number of benzene rings is 1. The molecule has 4 atom stereocenters. The first-order chi connectivity index (χ1) is 11.2. The highest BCUT2D eigenvalue weighted by atomic mass is 16.2. The minimum absolute atomic E-state index is 0.0514. The molecule has 0 spiro atoms. The van der Waals surface area contributed by atoms with Crippen LogP contribution in [0.2, 0.25) is 0 Å². The van der Waals surface area contributed by atoms with Crippen LogP contribution in [0.5, 0.6) is 0 Å². The first-order valence-corrected chi connectivity index (χ1v) is 7.53. The standard InChI is InChI=1S/C16H12N4O3/c21-10-5-9-7-3-1-2-4-8(7)11(10)13-12(9)14(22)20(15(13)23)16-17-6-18-19-16/h1-4,6,9,11-13H,5H2,(H,17,18,19)/t9-,11+,12-,13-/m0/s1. The summed E-state index contributed by atoms with van der Waals surface area (Å²) < 4.78 is 0. The van der Waals surface area contributed by atoms with Gasteiger partial charge in [0.15, 0.2) is 0 Å². The molecule has 3 aliphatic carbocycles. The number of hydrogen-bond acceptors (Lipinski definition) is 5. The smallest absolute Gasteiger partial charge is 0.241 e. The average Bonchev–Trinajstić information content (AvgIpc) is 3.16. The zero-order valence-corrected chi connectivity index (χ0v) is 12.0. The number of nitrogens with one attached hydrogen (secondary N) is 1. The maximum atomic E-state index is 12.9. The quantitative estimate of drug-likeness (QED) is 0.785. The SMILES string of the molecule is O=C1C[C@H]2c3ccccc3[C@H]1[C@@H]1C(=O)N(c3ncn[nH]3)C(=O)[C@H]12. The maximum absolute atomic E-state index is 12.9. The number of H-pyrrole nitrogens is 1. The van der Waals surface area contributed by atoms with Gasteiger partial charge in [0.05, 0.1) is 17.8 Å². The molecule has 1 aliphatic heterocycles. The molecule has 2 bridgehead atoms. The van der Waals surface area contributed by atoms with Crippen molar-refractivity contribution in [2.45, 2.75) is 18.3 Å². The van der Waals surface area contributed by atoms with Crippen LogP contribution in [0.1, 0.15) is 29.4 Å². The van der Waals surface area contributed by atoms with E-state index in [9.17, 15) is 14.4 Å². The maximum Gasteiger partial charge on any atom is 0.241 e. The Labute approximate surface area is 130 Å². The van der Waals surface area contributed by atoms with Crippen molar-refractivity contribution in [1.29, 1.82) is 0 Å². The van der Waals surface area contributed by atoms with Gasteiger partial charge in [-0.05, 0) is 11.1 Å². The number of amides is 2. The van der Waals surface area contributed by atoms with E-state index in [4.69, 9.17) is 0 Å². The first-order valence-electron chi connectivity index (χ1n) is 7.53. The lowest BCUT2D eigenvalue weighted by Crippen LogP contribution is -2.44. The number of rotatable bonds is 1. The molecular weight excluding hydrogens is 296 g/mol. The van der Waals surface area contributed by atoms with Crippen molar-refractivity contribution in [2.75, 3.05) is 4.90 Å². The number of Topliss-reactive ketones (excluding diaryl/α,β-unsaturated/α-hetero) is 1. The van der Waals surface area contributed by atoms with Gasteiger partial charge in [-0.25, -0.2) is 10.00 Å². The molecule has 0 radical (unpaired) electrons. The van der Waals surface area contributed by atoms with Gasteiger partial charge in [0.25, 0.3) is 0 Å². The van der Waals surface area contributed by atoms with Crippen molar-refractivity contribution in [1.82, 2.24) is 15.2 Å². The summed E-state index contributed by atoms with van der Waals surface area (Å²) in [6, 6.07) is 7.64. The van der Waals surface area contributed by atoms with Gasteiger partial charge >= 0.3 is 0 Å². The van der Waals surface area contributed by atoms with Crippen molar-refractivity contribution in [3.05, 3.63) is 41.7 Å². The number of aromatic amines is 1. The minimum atomic E-state index is -0.617. The summed E-state index contributed by atoms with van der Waals surface area (Å²) in [5, 5.41) is 6.28. The Bertz CT molecular complexity index is 860. The van der Waals surface area contributed by atoms with E-state index in [1.165, 1.54) is 6.33 Å². The summed E-state index contributed by atoms with van der Waals surface area (Å²) in [6.07, 6.45) is 1.58. The van der Waals surface area contributed by atoms with E-state index in [-0.39, 0.29) is 29.5 Å². The second kappa shape index (κ2) is 4.13. The highest BCUT2D eigenvalue weighted by molar-refractivity contribution is 6.23. The fraction of sp³-hybridized carbons (Fsp3) is 0.312. The Morgan fingerprint density at radius 3 is 2.52 bits per heavy atom.